The van der Waals surface area contributed by atoms with Crippen LogP contribution >= 0.6 is 11.8 Å². The van der Waals surface area contributed by atoms with Gasteiger partial charge in [0.2, 0.25) is 5.91 Å². The molecule has 3 amide bonds. The molecule has 0 aliphatic carbocycles. The lowest BCUT2D eigenvalue weighted by atomic mass is 10.0. The Morgan fingerprint density at radius 3 is 2.00 bits per heavy atom. The van der Waals surface area contributed by atoms with Crippen molar-refractivity contribution in [3.63, 3.8) is 0 Å². The maximum Gasteiger partial charge on any atom is 0.272 e. The van der Waals surface area contributed by atoms with Gasteiger partial charge in [0, 0.05) is 27.9 Å². The average molecular weight is 684 g/mol. The number of ether oxygens (including phenoxy) is 2. The number of hydrogen-bond acceptors (Lipinski definition) is 6. The molecule has 9 heteroatoms. The summed E-state index contributed by atoms with van der Waals surface area (Å²) in [6.07, 6.45) is 1.66. The number of carbonyl (C=O) groups is 3. The Hall–Kier alpha value is -5.80. The minimum Gasteiger partial charge on any atom is -0.486 e. The van der Waals surface area contributed by atoms with Gasteiger partial charge in [-0.2, -0.15) is 0 Å². The van der Waals surface area contributed by atoms with Gasteiger partial charge in [-0.05, 0) is 77.2 Å². The van der Waals surface area contributed by atoms with Gasteiger partial charge in [0.05, 0.1) is 0 Å². The van der Waals surface area contributed by atoms with Crippen molar-refractivity contribution in [2.24, 2.45) is 0 Å². The molecule has 252 valence electrons. The third kappa shape index (κ3) is 8.80. The van der Waals surface area contributed by atoms with Crippen molar-refractivity contribution in [1.82, 2.24) is 5.32 Å². The van der Waals surface area contributed by atoms with E-state index in [2.05, 4.69) is 29.8 Å². The zero-order chi connectivity index (χ0) is 34.9. The summed E-state index contributed by atoms with van der Waals surface area (Å²) >= 11 is 1.39. The first-order chi connectivity index (χ1) is 24.3. The second kappa shape index (κ2) is 16.1. The molecule has 6 rings (SSSR count). The lowest BCUT2D eigenvalue weighted by Gasteiger charge is -2.20. The van der Waals surface area contributed by atoms with Gasteiger partial charge in [0.1, 0.15) is 24.2 Å². The lowest BCUT2D eigenvalue weighted by Crippen LogP contribution is -2.30. The lowest BCUT2D eigenvalue weighted by molar-refractivity contribution is -0.116. The molecule has 1 aliphatic rings. The SMILES string of the molecule is CC(C)c1ccc(/C=C(\NC(=O)c2ccccc2)C(=O)Nc2ccc(SC(C(=O)Nc3ccc4c(c3)OCCO4)c3ccccc3)cc2)cc1. The first kappa shape index (κ1) is 34.1. The van der Waals surface area contributed by atoms with Gasteiger partial charge >= 0.3 is 0 Å². The molecule has 0 fully saturated rings. The number of amides is 3. The first-order valence-electron chi connectivity index (χ1n) is 16.3. The molecular weight excluding hydrogens is 647 g/mol. The van der Waals surface area contributed by atoms with Crippen molar-refractivity contribution in [3.05, 3.63) is 155 Å². The van der Waals surface area contributed by atoms with Crippen molar-refractivity contribution < 1.29 is 23.9 Å². The average Bonchev–Trinajstić information content (AvgIpc) is 3.15. The predicted molar refractivity (Wildman–Crippen MR) is 199 cm³/mol. The van der Waals surface area contributed by atoms with Crippen LogP contribution in [0.25, 0.3) is 6.08 Å². The topological polar surface area (TPSA) is 106 Å². The van der Waals surface area contributed by atoms with E-state index in [0.717, 1.165) is 16.0 Å². The summed E-state index contributed by atoms with van der Waals surface area (Å²) < 4.78 is 11.3. The van der Waals surface area contributed by atoms with E-state index in [-0.39, 0.29) is 17.5 Å². The van der Waals surface area contributed by atoms with Crippen LogP contribution in [0.15, 0.2) is 138 Å². The van der Waals surface area contributed by atoms with Crippen LogP contribution in [0.2, 0.25) is 0 Å². The molecule has 1 unspecified atom stereocenters. The van der Waals surface area contributed by atoms with Crippen LogP contribution < -0.4 is 25.4 Å². The summed E-state index contributed by atoms with van der Waals surface area (Å²) in [5.74, 6) is 0.559. The molecule has 0 saturated heterocycles. The van der Waals surface area contributed by atoms with Crippen LogP contribution in [-0.4, -0.2) is 30.9 Å². The van der Waals surface area contributed by atoms with Crippen LogP contribution in [0.5, 0.6) is 11.5 Å². The summed E-state index contributed by atoms with van der Waals surface area (Å²) in [7, 11) is 0. The Bertz CT molecular complexity index is 1980. The molecule has 1 atom stereocenters. The molecule has 0 spiro atoms. The minimum atomic E-state index is -0.560. The second-order valence-electron chi connectivity index (χ2n) is 11.9. The highest BCUT2D eigenvalue weighted by Gasteiger charge is 2.23. The third-order valence-electron chi connectivity index (χ3n) is 7.96. The molecule has 0 saturated carbocycles. The Morgan fingerprint density at radius 1 is 0.680 bits per heavy atom. The highest BCUT2D eigenvalue weighted by Crippen LogP contribution is 2.38. The zero-order valence-corrected chi connectivity index (χ0v) is 28.5. The van der Waals surface area contributed by atoms with Gasteiger partial charge in [-0.1, -0.05) is 86.6 Å². The molecule has 0 aromatic heterocycles. The number of rotatable bonds is 11. The van der Waals surface area contributed by atoms with E-state index in [1.165, 1.54) is 17.3 Å². The summed E-state index contributed by atoms with van der Waals surface area (Å²) in [4.78, 5) is 41.1. The number of fused-ring (bicyclic) bond motifs is 1. The molecule has 5 aromatic carbocycles. The molecule has 3 N–H and O–H groups in total. The van der Waals surface area contributed by atoms with Crippen molar-refractivity contribution in [3.8, 4) is 11.5 Å². The Kier molecular flexibility index (Phi) is 10.9. The van der Waals surface area contributed by atoms with Crippen molar-refractivity contribution in [2.75, 3.05) is 23.8 Å². The van der Waals surface area contributed by atoms with E-state index >= 15 is 0 Å². The second-order valence-corrected chi connectivity index (χ2v) is 13.1. The predicted octanol–water partition coefficient (Wildman–Crippen LogP) is 8.46. The monoisotopic (exact) mass is 683 g/mol. The van der Waals surface area contributed by atoms with Gasteiger partial charge in [-0.3, -0.25) is 14.4 Å². The number of hydrogen-bond donors (Lipinski definition) is 3. The summed E-state index contributed by atoms with van der Waals surface area (Å²) in [6, 6.07) is 38.8. The van der Waals surface area contributed by atoms with E-state index in [9.17, 15) is 14.4 Å². The number of carbonyl (C=O) groups excluding carboxylic acids is 3. The minimum absolute atomic E-state index is 0.106. The Balaban J connectivity index is 1.18. The van der Waals surface area contributed by atoms with Crippen molar-refractivity contribution >= 4 is 46.9 Å². The smallest absolute Gasteiger partial charge is 0.272 e. The van der Waals surface area contributed by atoms with Gasteiger partial charge in [-0.15, -0.1) is 11.8 Å². The fourth-order valence-electron chi connectivity index (χ4n) is 5.27. The van der Waals surface area contributed by atoms with Crippen LogP contribution in [0.4, 0.5) is 11.4 Å². The standard InChI is InChI=1S/C41H37N3O5S/c1-27(2)29-15-13-28(14-16-29)25-35(44-39(45)31-11-7-4-8-12-31)40(46)42-32-17-20-34(21-18-32)50-38(30-9-5-3-6-10-30)41(47)43-33-19-22-36-37(26-33)49-24-23-48-36/h3-22,25-27,38H,23-24H2,1-2H3,(H,42,46)(H,43,47)(H,44,45)/b35-25-. The van der Waals surface area contributed by atoms with E-state index in [4.69, 9.17) is 9.47 Å². The molecule has 0 radical (unpaired) electrons. The van der Waals surface area contributed by atoms with Crippen LogP contribution in [-0.2, 0) is 9.59 Å². The quantitative estimate of drug-likeness (QED) is 0.0953. The number of thioether (sulfide) groups is 1. The van der Waals surface area contributed by atoms with Gasteiger partial charge in [0.15, 0.2) is 11.5 Å². The summed E-state index contributed by atoms with van der Waals surface area (Å²) in [5, 5.41) is 8.16. The van der Waals surface area contributed by atoms with E-state index in [1.807, 2.05) is 72.8 Å². The molecule has 5 aromatic rings. The van der Waals surface area contributed by atoms with Gasteiger partial charge < -0.3 is 25.4 Å². The molecule has 1 heterocycles. The summed E-state index contributed by atoms with van der Waals surface area (Å²) in [6.45, 7) is 5.18. The Labute approximate surface area is 295 Å². The molecular formula is C41H37N3O5S. The fourth-order valence-corrected chi connectivity index (χ4v) is 6.29. The maximum atomic E-state index is 13.7. The van der Waals surface area contributed by atoms with Crippen molar-refractivity contribution in [2.45, 2.75) is 29.9 Å². The largest absolute Gasteiger partial charge is 0.486 e. The normalized spacial score (nSPS) is 12.9. The van der Waals surface area contributed by atoms with Crippen LogP contribution in [0.1, 0.15) is 52.1 Å². The van der Waals surface area contributed by atoms with E-state index in [1.54, 1.807) is 60.7 Å². The van der Waals surface area contributed by atoms with E-state index < -0.39 is 11.2 Å². The first-order valence-corrected chi connectivity index (χ1v) is 17.2. The highest BCUT2D eigenvalue weighted by atomic mass is 32.2. The molecule has 1 aliphatic heterocycles. The van der Waals surface area contributed by atoms with Crippen LogP contribution in [0, 0.1) is 0 Å². The Morgan fingerprint density at radius 2 is 1.32 bits per heavy atom. The van der Waals surface area contributed by atoms with Gasteiger partial charge in [0.25, 0.3) is 11.8 Å². The molecule has 50 heavy (non-hydrogen) atoms. The highest BCUT2D eigenvalue weighted by molar-refractivity contribution is 8.00. The van der Waals surface area contributed by atoms with E-state index in [0.29, 0.717) is 47.6 Å². The summed E-state index contributed by atoms with van der Waals surface area (Å²) in [5.41, 5.74) is 4.48. The third-order valence-corrected chi connectivity index (χ3v) is 9.23. The zero-order valence-electron chi connectivity index (χ0n) is 27.7. The molecule has 8 nitrogen and oxygen atoms in total. The van der Waals surface area contributed by atoms with Crippen molar-refractivity contribution in [1.29, 1.82) is 0 Å². The number of nitrogens with one attached hydrogen (secondary N) is 3. The van der Waals surface area contributed by atoms with Gasteiger partial charge in [-0.25, -0.2) is 0 Å². The number of benzene rings is 5. The number of anilines is 2. The fraction of sp³-hybridized carbons (Fsp3) is 0.146. The van der Waals surface area contributed by atoms with Crippen LogP contribution in [0.3, 0.4) is 0 Å². The molecule has 0 bridgehead atoms. The maximum absolute atomic E-state index is 13.7.